The normalized spacial score (nSPS) is 15.4. The van der Waals surface area contributed by atoms with Crippen molar-refractivity contribution in [2.45, 2.75) is 5.25 Å². The quantitative estimate of drug-likeness (QED) is 0.371. The highest BCUT2D eigenvalue weighted by Gasteiger charge is 2.26. The van der Waals surface area contributed by atoms with Crippen LogP contribution in [0, 0.1) is 0 Å². The first kappa shape index (κ1) is 20.3. The van der Waals surface area contributed by atoms with Crippen molar-refractivity contribution in [2.24, 2.45) is 4.99 Å². The van der Waals surface area contributed by atoms with Crippen molar-refractivity contribution in [1.29, 1.82) is 0 Å². The van der Waals surface area contributed by atoms with Crippen LogP contribution in [0.5, 0.6) is 0 Å². The van der Waals surface area contributed by atoms with Crippen LogP contribution in [0.15, 0.2) is 71.7 Å². The molecule has 0 aromatic heterocycles. The Morgan fingerprint density at radius 3 is 2.37 bits per heavy atom. The zero-order valence-electron chi connectivity index (χ0n) is 16.5. The Kier molecular flexibility index (Phi) is 6.57. The van der Waals surface area contributed by atoms with Crippen molar-refractivity contribution in [3.63, 3.8) is 0 Å². The monoisotopic (exact) mass is 417 g/mol. The molecule has 1 atom stereocenters. The van der Waals surface area contributed by atoms with E-state index in [1.807, 2.05) is 71.6 Å². The molecule has 3 aromatic carbocycles. The number of piperazine rings is 1. The molecule has 1 N–H and O–H groups in total. The molecule has 30 heavy (non-hydrogen) atoms. The molecule has 1 aliphatic rings. The summed E-state index contributed by atoms with van der Waals surface area (Å²) < 4.78 is 0. The van der Waals surface area contributed by atoms with Crippen LogP contribution in [0.4, 0.5) is 5.69 Å². The van der Waals surface area contributed by atoms with Gasteiger partial charge in [0.2, 0.25) is 5.91 Å². The smallest absolute Gasteiger partial charge is 0.240 e. The van der Waals surface area contributed by atoms with E-state index in [-0.39, 0.29) is 11.2 Å². The van der Waals surface area contributed by atoms with E-state index in [2.05, 4.69) is 10.3 Å². The Balaban J connectivity index is 1.59. The third-order valence-corrected chi connectivity index (χ3v) is 6.14. The molecule has 1 saturated heterocycles. The van der Waals surface area contributed by atoms with Crippen LogP contribution in [-0.2, 0) is 4.79 Å². The number of hydrogen-bond acceptors (Lipinski definition) is 5. The van der Waals surface area contributed by atoms with E-state index >= 15 is 0 Å². The number of nitrogens with zero attached hydrogens (tertiary/aromatic N) is 2. The van der Waals surface area contributed by atoms with Crippen molar-refractivity contribution in [3.05, 3.63) is 77.9 Å². The van der Waals surface area contributed by atoms with Crippen LogP contribution in [0.1, 0.15) is 21.2 Å². The molecule has 0 radical (unpaired) electrons. The van der Waals surface area contributed by atoms with Gasteiger partial charge >= 0.3 is 0 Å². The first-order chi connectivity index (χ1) is 14.8. The number of nitrogens with one attached hydrogen (secondary N) is 1. The van der Waals surface area contributed by atoms with Crippen LogP contribution < -0.4 is 5.32 Å². The maximum atomic E-state index is 13.2. The van der Waals surface area contributed by atoms with Gasteiger partial charge in [-0.25, -0.2) is 4.99 Å². The molecule has 6 heteroatoms. The van der Waals surface area contributed by atoms with Crippen molar-refractivity contribution in [3.8, 4) is 0 Å². The van der Waals surface area contributed by atoms with Gasteiger partial charge in [-0.1, -0.05) is 66.4 Å². The largest absolute Gasteiger partial charge is 0.339 e. The molecule has 0 spiro atoms. The topological polar surface area (TPSA) is 61.8 Å². The molecule has 1 heterocycles. The molecular formula is C24H23N3O2S. The average Bonchev–Trinajstić information content (AvgIpc) is 2.82. The van der Waals surface area contributed by atoms with Gasteiger partial charge in [0.05, 0.1) is 11.2 Å². The fourth-order valence-corrected chi connectivity index (χ4v) is 4.43. The second kappa shape index (κ2) is 9.69. The van der Waals surface area contributed by atoms with E-state index in [4.69, 9.17) is 0 Å². The maximum Gasteiger partial charge on any atom is 0.240 e. The summed E-state index contributed by atoms with van der Waals surface area (Å²) in [6.07, 6.45) is 0.824. The van der Waals surface area contributed by atoms with Gasteiger partial charge in [0, 0.05) is 31.7 Å². The highest BCUT2D eigenvalue weighted by atomic mass is 32.2. The summed E-state index contributed by atoms with van der Waals surface area (Å²) in [5.74, 6) is 0.0910. The lowest BCUT2D eigenvalue weighted by molar-refractivity contribution is -0.131. The van der Waals surface area contributed by atoms with Crippen molar-refractivity contribution in [1.82, 2.24) is 10.2 Å². The molecule has 0 aliphatic carbocycles. The molecule has 0 bridgehead atoms. The van der Waals surface area contributed by atoms with Crippen molar-refractivity contribution in [2.75, 3.05) is 26.2 Å². The molecule has 3 aromatic rings. The van der Waals surface area contributed by atoms with Crippen LogP contribution >= 0.6 is 11.8 Å². The van der Waals surface area contributed by atoms with E-state index < -0.39 is 0 Å². The fourth-order valence-electron chi connectivity index (χ4n) is 3.56. The Morgan fingerprint density at radius 2 is 1.67 bits per heavy atom. The SMILES string of the molecule is O=Cc1cc2ccccc2cc1N=CSC(C(=O)N1CCNCC1)c1ccccc1. The van der Waals surface area contributed by atoms with Crippen LogP contribution in [0.25, 0.3) is 10.8 Å². The number of hydrogen-bond donors (Lipinski definition) is 1. The molecular weight excluding hydrogens is 394 g/mol. The van der Waals surface area contributed by atoms with Gasteiger partial charge < -0.3 is 10.2 Å². The van der Waals surface area contributed by atoms with Gasteiger partial charge in [0.15, 0.2) is 6.29 Å². The summed E-state index contributed by atoms with van der Waals surface area (Å²) in [5, 5.41) is 4.94. The summed E-state index contributed by atoms with van der Waals surface area (Å²) in [7, 11) is 0. The molecule has 4 rings (SSSR count). The Morgan fingerprint density at radius 1 is 1.00 bits per heavy atom. The first-order valence-corrected chi connectivity index (χ1v) is 10.9. The predicted octanol–water partition coefficient (Wildman–Crippen LogP) is 4.22. The zero-order chi connectivity index (χ0) is 20.8. The number of amides is 1. The minimum absolute atomic E-state index is 0.0910. The summed E-state index contributed by atoms with van der Waals surface area (Å²) in [4.78, 5) is 31.2. The second-order valence-corrected chi connectivity index (χ2v) is 8.07. The van der Waals surface area contributed by atoms with Gasteiger partial charge in [0.25, 0.3) is 0 Å². The van der Waals surface area contributed by atoms with Crippen LogP contribution in [0.2, 0.25) is 0 Å². The number of carbonyl (C=O) groups is 2. The number of benzene rings is 3. The molecule has 1 aliphatic heterocycles. The lowest BCUT2D eigenvalue weighted by atomic mass is 10.1. The lowest BCUT2D eigenvalue weighted by Crippen LogP contribution is -2.47. The highest BCUT2D eigenvalue weighted by molar-refractivity contribution is 8.12. The summed E-state index contributed by atoms with van der Waals surface area (Å²) in [5.41, 5.74) is 3.79. The molecule has 0 saturated carbocycles. The van der Waals surface area contributed by atoms with E-state index in [0.717, 1.165) is 35.7 Å². The number of fused-ring (bicyclic) bond motifs is 1. The number of carbonyl (C=O) groups excluding carboxylic acids is 2. The Labute approximate surface area is 180 Å². The van der Waals surface area contributed by atoms with Gasteiger partial charge in [-0.3, -0.25) is 9.59 Å². The van der Waals surface area contributed by atoms with Gasteiger partial charge in [-0.2, -0.15) is 0 Å². The van der Waals surface area contributed by atoms with E-state index in [9.17, 15) is 9.59 Å². The van der Waals surface area contributed by atoms with E-state index in [1.54, 1.807) is 5.55 Å². The molecule has 1 unspecified atom stereocenters. The molecule has 1 fully saturated rings. The minimum Gasteiger partial charge on any atom is -0.339 e. The number of rotatable bonds is 6. The Bertz CT molecular complexity index is 1060. The fraction of sp³-hybridized carbons (Fsp3) is 0.208. The standard InChI is InChI=1S/C24H23N3O2S/c28-16-21-14-19-8-4-5-9-20(19)15-22(21)26-17-30-23(18-6-2-1-3-7-18)24(29)27-12-10-25-11-13-27/h1-9,14-17,23,25H,10-13H2. The van der Waals surface area contributed by atoms with Gasteiger partial charge in [0.1, 0.15) is 5.25 Å². The van der Waals surface area contributed by atoms with Crippen LogP contribution in [0.3, 0.4) is 0 Å². The summed E-state index contributed by atoms with van der Waals surface area (Å²) in [6.45, 7) is 3.04. The average molecular weight is 418 g/mol. The number of thioether (sulfide) groups is 1. The zero-order valence-corrected chi connectivity index (χ0v) is 17.3. The Hall–Kier alpha value is -2.96. The van der Waals surface area contributed by atoms with E-state index in [1.165, 1.54) is 11.8 Å². The first-order valence-electron chi connectivity index (χ1n) is 9.96. The highest BCUT2D eigenvalue weighted by Crippen LogP contribution is 2.31. The van der Waals surface area contributed by atoms with Gasteiger partial charge in [-0.15, -0.1) is 0 Å². The van der Waals surface area contributed by atoms with Crippen molar-refractivity contribution < 1.29 is 9.59 Å². The number of aldehydes is 1. The summed E-state index contributed by atoms with van der Waals surface area (Å²) in [6, 6.07) is 21.4. The molecule has 1 amide bonds. The maximum absolute atomic E-state index is 13.2. The third kappa shape index (κ3) is 4.61. The van der Waals surface area contributed by atoms with E-state index in [0.29, 0.717) is 24.3 Å². The van der Waals surface area contributed by atoms with Crippen LogP contribution in [-0.4, -0.2) is 48.8 Å². The van der Waals surface area contributed by atoms with Gasteiger partial charge in [-0.05, 0) is 28.5 Å². The third-order valence-electron chi connectivity index (χ3n) is 5.17. The van der Waals surface area contributed by atoms with Crippen molar-refractivity contribution >= 4 is 46.0 Å². The number of aliphatic imine (C=N–C) groups is 1. The second-order valence-electron chi connectivity index (χ2n) is 7.11. The molecule has 152 valence electrons. The molecule has 5 nitrogen and oxygen atoms in total. The predicted molar refractivity (Wildman–Crippen MR) is 124 cm³/mol. The lowest BCUT2D eigenvalue weighted by Gasteiger charge is -2.30. The summed E-state index contributed by atoms with van der Waals surface area (Å²) >= 11 is 1.38. The minimum atomic E-state index is -0.367.